The Kier molecular flexibility index (Phi) is 2.87. The van der Waals surface area contributed by atoms with Crippen molar-refractivity contribution < 1.29 is 9.47 Å². The number of hydrogen-bond acceptors (Lipinski definition) is 3. The fraction of sp³-hybridized carbons (Fsp3) is 0.545. The normalized spacial score (nSPS) is 18.9. The van der Waals surface area contributed by atoms with Gasteiger partial charge in [0.25, 0.3) is 0 Å². The highest BCUT2D eigenvalue weighted by Gasteiger charge is 2.29. The molecule has 0 aliphatic carbocycles. The molecule has 0 radical (unpaired) electrons. The number of ether oxygens (including phenoxy) is 2. The Morgan fingerprint density at radius 1 is 1.60 bits per heavy atom. The molecular formula is C11H14BrNO2. The van der Waals surface area contributed by atoms with E-state index in [4.69, 9.17) is 9.47 Å². The van der Waals surface area contributed by atoms with Crippen molar-refractivity contribution in [3.05, 3.63) is 16.2 Å². The number of aromatic nitrogens is 1. The van der Waals surface area contributed by atoms with Gasteiger partial charge < -0.3 is 9.47 Å². The predicted octanol–water partition coefficient (Wildman–Crippen LogP) is 2.98. The number of nitrogens with zero attached hydrogens (tertiary/aromatic N) is 1. The van der Waals surface area contributed by atoms with Crippen molar-refractivity contribution in [1.29, 1.82) is 0 Å². The predicted molar refractivity (Wildman–Crippen MR) is 61.6 cm³/mol. The van der Waals surface area contributed by atoms with Crippen LogP contribution in [0.5, 0.6) is 11.6 Å². The molecule has 1 aromatic heterocycles. The quantitative estimate of drug-likeness (QED) is 0.829. The fourth-order valence-electron chi connectivity index (χ4n) is 1.76. The van der Waals surface area contributed by atoms with E-state index < -0.39 is 0 Å². The molecule has 15 heavy (non-hydrogen) atoms. The van der Waals surface area contributed by atoms with Crippen LogP contribution >= 0.6 is 15.9 Å². The van der Waals surface area contributed by atoms with Gasteiger partial charge in [-0.2, -0.15) is 0 Å². The third kappa shape index (κ3) is 1.83. The molecule has 0 fully saturated rings. The maximum absolute atomic E-state index is 5.60. The molecule has 2 heterocycles. The Balaban J connectivity index is 2.44. The van der Waals surface area contributed by atoms with Gasteiger partial charge in [0.05, 0.1) is 23.9 Å². The average molecular weight is 272 g/mol. The molecule has 0 saturated carbocycles. The first-order valence-corrected chi connectivity index (χ1v) is 5.80. The van der Waals surface area contributed by atoms with E-state index in [0.29, 0.717) is 17.7 Å². The lowest BCUT2D eigenvalue weighted by molar-refractivity contribution is 0.303. The van der Waals surface area contributed by atoms with Crippen LogP contribution in [0.1, 0.15) is 25.5 Å². The largest absolute Gasteiger partial charge is 0.491 e. The minimum atomic E-state index is 0.377. The molecule has 0 saturated heterocycles. The second-order valence-electron chi connectivity index (χ2n) is 4.02. The summed E-state index contributed by atoms with van der Waals surface area (Å²) in [5, 5.41) is 0. The van der Waals surface area contributed by atoms with Crippen LogP contribution in [0.2, 0.25) is 0 Å². The molecule has 0 amide bonds. The lowest BCUT2D eigenvalue weighted by atomic mass is 9.94. The Bertz CT molecular complexity index is 379. The van der Waals surface area contributed by atoms with Crippen molar-refractivity contribution in [2.45, 2.75) is 19.8 Å². The lowest BCUT2D eigenvalue weighted by Crippen LogP contribution is -2.09. The van der Waals surface area contributed by atoms with Gasteiger partial charge in [0, 0.05) is 12.0 Å². The smallest absolute Gasteiger partial charge is 0.228 e. The number of rotatable bonds is 2. The van der Waals surface area contributed by atoms with Crippen molar-refractivity contribution in [1.82, 2.24) is 4.98 Å². The minimum absolute atomic E-state index is 0.377. The van der Waals surface area contributed by atoms with Gasteiger partial charge in [-0.3, -0.25) is 0 Å². The van der Waals surface area contributed by atoms with Crippen molar-refractivity contribution in [2.75, 3.05) is 13.7 Å². The van der Waals surface area contributed by atoms with E-state index in [1.165, 1.54) is 0 Å². The summed E-state index contributed by atoms with van der Waals surface area (Å²) < 4.78 is 11.6. The number of pyridine rings is 1. The molecule has 1 aliphatic heterocycles. The van der Waals surface area contributed by atoms with Gasteiger partial charge in [-0.05, 0) is 21.8 Å². The third-order valence-corrected chi connectivity index (χ3v) is 3.27. The maximum atomic E-state index is 5.60. The Labute approximate surface area is 97.9 Å². The average Bonchev–Trinajstić information content (AvgIpc) is 2.59. The Hall–Kier alpha value is -0.770. The van der Waals surface area contributed by atoms with Gasteiger partial charge in [0.2, 0.25) is 5.88 Å². The summed E-state index contributed by atoms with van der Waals surface area (Å²) in [6.45, 7) is 5.08. The Morgan fingerprint density at radius 3 is 2.93 bits per heavy atom. The molecular weight excluding hydrogens is 258 g/mol. The fourth-order valence-corrected chi connectivity index (χ4v) is 2.22. The van der Waals surface area contributed by atoms with Crippen LogP contribution in [0.15, 0.2) is 10.5 Å². The number of hydrogen-bond donors (Lipinski definition) is 0. The lowest BCUT2D eigenvalue weighted by Gasteiger charge is -2.12. The van der Waals surface area contributed by atoms with Crippen LogP contribution in [-0.4, -0.2) is 18.7 Å². The molecule has 1 unspecified atom stereocenters. The van der Waals surface area contributed by atoms with Gasteiger partial charge in [-0.25, -0.2) is 4.98 Å². The Morgan fingerprint density at radius 2 is 2.33 bits per heavy atom. The summed E-state index contributed by atoms with van der Waals surface area (Å²) in [5.74, 6) is 2.41. The molecule has 0 spiro atoms. The van der Waals surface area contributed by atoms with Crippen LogP contribution in [0.4, 0.5) is 0 Å². The maximum Gasteiger partial charge on any atom is 0.228 e. The molecule has 1 aromatic rings. The molecule has 1 aliphatic rings. The zero-order valence-corrected chi connectivity index (χ0v) is 10.7. The number of methoxy groups -OCH3 is 1. The van der Waals surface area contributed by atoms with E-state index in [0.717, 1.165) is 22.5 Å². The summed E-state index contributed by atoms with van der Waals surface area (Å²) in [4.78, 5) is 4.48. The van der Waals surface area contributed by atoms with Gasteiger partial charge >= 0.3 is 0 Å². The van der Waals surface area contributed by atoms with Gasteiger partial charge in [0.1, 0.15) is 5.75 Å². The minimum Gasteiger partial charge on any atom is -0.491 e. The van der Waals surface area contributed by atoms with E-state index in [9.17, 15) is 0 Å². The van der Waals surface area contributed by atoms with Crippen molar-refractivity contribution in [3.63, 3.8) is 0 Å². The van der Waals surface area contributed by atoms with E-state index in [1.54, 1.807) is 7.11 Å². The summed E-state index contributed by atoms with van der Waals surface area (Å²) in [5.41, 5.74) is 1.02. The zero-order valence-electron chi connectivity index (χ0n) is 9.08. The first-order chi connectivity index (χ1) is 7.13. The first kappa shape index (κ1) is 10.7. The topological polar surface area (TPSA) is 31.4 Å². The van der Waals surface area contributed by atoms with Crippen LogP contribution in [0, 0.1) is 5.92 Å². The van der Waals surface area contributed by atoms with Gasteiger partial charge in [-0.15, -0.1) is 0 Å². The molecule has 0 aromatic carbocycles. The number of fused-ring (bicyclic) bond motifs is 1. The van der Waals surface area contributed by atoms with Crippen LogP contribution in [0.25, 0.3) is 0 Å². The molecule has 0 N–H and O–H groups in total. The van der Waals surface area contributed by atoms with E-state index in [1.807, 2.05) is 6.07 Å². The summed E-state index contributed by atoms with van der Waals surface area (Å²) in [7, 11) is 1.62. The monoisotopic (exact) mass is 271 g/mol. The molecule has 2 rings (SSSR count). The third-order valence-electron chi connectivity index (χ3n) is 2.70. The first-order valence-electron chi connectivity index (χ1n) is 5.00. The molecule has 1 atom stereocenters. The standard InChI is InChI=1S/C11H14BrNO2/c1-6(2)7-5-15-9-4-8(12)11(14-3)13-10(7)9/h4,6-7H,5H2,1-3H3. The van der Waals surface area contributed by atoms with E-state index in [-0.39, 0.29) is 0 Å². The summed E-state index contributed by atoms with van der Waals surface area (Å²) in [6.07, 6.45) is 0. The summed E-state index contributed by atoms with van der Waals surface area (Å²) >= 11 is 3.40. The molecule has 0 bridgehead atoms. The molecule has 82 valence electrons. The van der Waals surface area contributed by atoms with Crippen molar-refractivity contribution in [3.8, 4) is 11.6 Å². The number of halogens is 1. The molecule has 3 nitrogen and oxygen atoms in total. The van der Waals surface area contributed by atoms with Crippen LogP contribution in [-0.2, 0) is 0 Å². The van der Waals surface area contributed by atoms with E-state index >= 15 is 0 Å². The zero-order chi connectivity index (χ0) is 11.0. The van der Waals surface area contributed by atoms with Gasteiger partial charge in [0.15, 0.2) is 0 Å². The highest BCUT2D eigenvalue weighted by atomic mass is 79.9. The molecule has 4 heteroatoms. The van der Waals surface area contributed by atoms with Crippen molar-refractivity contribution >= 4 is 15.9 Å². The SMILES string of the molecule is COc1nc2c(cc1Br)OCC2C(C)C. The van der Waals surface area contributed by atoms with E-state index in [2.05, 4.69) is 34.8 Å². The summed E-state index contributed by atoms with van der Waals surface area (Å²) in [6, 6.07) is 1.93. The highest BCUT2D eigenvalue weighted by molar-refractivity contribution is 9.10. The highest BCUT2D eigenvalue weighted by Crippen LogP contribution is 2.40. The second kappa shape index (κ2) is 4.00. The van der Waals surface area contributed by atoms with Crippen LogP contribution < -0.4 is 9.47 Å². The second-order valence-corrected chi connectivity index (χ2v) is 4.88. The van der Waals surface area contributed by atoms with Crippen molar-refractivity contribution in [2.24, 2.45) is 5.92 Å². The van der Waals surface area contributed by atoms with Crippen LogP contribution in [0.3, 0.4) is 0 Å². The van der Waals surface area contributed by atoms with Gasteiger partial charge in [-0.1, -0.05) is 13.8 Å².